The SMILES string of the molecule is CO/N=C(\Oc1cc(C#CC2CC2)ccc1C)C(=O)OC. The molecule has 1 aliphatic rings. The van der Waals surface area contributed by atoms with Gasteiger partial charge in [-0.15, -0.1) is 0 Å². The summed E-state index contributed by atoms with van der Waals surface area (Å²) >= 11 is 0. The van der Waals surface area contributed by atoms with E-state index in [9.17, 15) is 4.79 Å². The van der Waals surface area contributed by atoms with Crippen molar-refractivity contribution in [1.29, 1.82) is 0 Å². The van der Waals surface area contributed by atoms with Crippen LogP contribution in [0.1, 0.15) is 24.0 Å². The third-order valence-corrected chi connectivity index (χ3v) is 2.93. The maximum absolute atomic E-state index is 11.5. The van der Waals surface area contributed by atoms with Crippen molar-refractivity contribution >= 4 is 11.9 Å². The van der Waals surface area contributed by atoms with E-state index in [1.807, 2.05) is 19.1 Å². The summed E-state index contributed by atoms with van der Waals surface area (Å²) in [4.78, 5) is 16.1. The Morgan fingerprint density at radius 2 is 2.10 bits per heavy atom. The first-order valence-corrected chi connectivity index (χ1v) is 6.63. The van der Waals surface area contributed by atoms with Crippen molar-refractivity contribution in [3.63, 3.8) is 0 Å². The Kier molecular flexibility index (Phi) is 4.83. The summed E-state index contributed by atoms with van der Waals surface area (Å²) in [6.07, 6.45) is 2.35. The molecule has 21 heavy (non-hydrogen) atoms. The van der Waals surface area contributed by atoms with E-state index < -0.39 is 5.97 Å². The third-order valence-electron chi connectivity index (χ3n) is 2.93. The van der Waals surface area contributed by atoms with Crippen LogP contribution in [0.25, 0.3) is 0 Å². The molecule has 0 unspecified atom stereocenters. The minimum atomic E-state index is -0.703. The van der Waals surface area contributed by atoms with Crippen LogP contribution in [0.15, 0.2) is 23.4 Å². The fourth-order valence-corrected chi connectivity index (χ4v) is 1.57. The van der Waals surface area contributed by atoms with Crippen LogP contribution >= 0.6 is 0 Å². The highest BCUT2D eigenvalue weighted by Crippen LogP contribution is 2.28. The minimum absolute atomic E-state index is 0.254. The Bertz CT molecular complexity index is 621. The molecule has 0 amide bonds. The molecule has 0 radical (unpaired) electrons. The van der Waals surface area contributed by atoms with Crippen LogP contribution in [0.3, 0.4) is 0 Å². The lowest BCUT2D eigenvalue weighted by atomic mass is 10.1. The first-order chi connectivity index (χ1) is 10.1. The van der Waals surface area contributed by atoms with Gasteiger partial charge in [0.1, 0.15) is 12.9 Å². The molecule has 0 aliphatic heterocycles. The Hall–Kier alpha value is -2.48. The van der Waals surface area contributed by atoms with E-state index in [-0.39, 0.29) is 5.90 Å². The first kappa shape index (κ1) is 14.9. The molecular formula is C16H17NO4. The maximum atomic E-state index is 11.5. The molecule has 0 bridgehead atoms. The number of esters is 1. The summed E-state index contributed by atoms with van der Waals surface area (Å²) in [6.45, 7) is 1.87. The van der Waals surface area contributed by atoms with E-state index in [2.05, 4.69) is 26.6 Å². The molecule has 1 saturated carbocycles. The topological polar surface area (TPSA) is 57.1 Å². The van der Waals surface area contributed by atoms with Gasteiger partial charge in [0.2, 0.25) is 0 Å². The summed E-state index contributed by atoms with van der Waals surface area (Å²) in [5, 5.41) is 3.53. The number of ether oxygens (including phenoxy) is 2. The van der Waals surface area contributed by atoms with Crippen LogP contribution in [0.5, 0.6) is 5.75 Å². The van der Waals surface area contributed by atoms with Gasteiger partial charge < -0.3 is 14.3 Å². The summed E-state index contributed by atoms with van der Waals surface area (Å²) in [6, 6.07) is 5.58. The van der Waals surface area contributed by atoms with Gasteiger partial charge in [-0.25, -0.2) is 4.79 Å². The van der Waals surface area contributed by atoms with Crippen molar-refractivity contribution < 1.29 is 19.1 Å². The van der Waals surface area contributed by atoms with Gasteiger partial charge in [0.05, 0.1) is 7.11 Å². The number of carbonyl (C=O) groups is 1. The van der Waals surface area contributed by atoms with Gasteiger partial charge in [-0.05, 0) is 42.6 Å². The highest BCUT2D eigenvalue weighted by molar-refractivity contribution is 6.33. The third kappa shape index (κ3) is 4.25. The van der Waals surface area contributed by atoms with Gasteiger partial charge in [0.25, 0.3) is 0 Å². The number of rotatable bonds is 2. The number of hydrogen-bond donors (Lipinski definition) is 0. The zero-order chi connectivity index (χ0) is 15.2. The van der Waals surface area contributed by atoms with E-state index in [1.165, 1.54) is 27.1 Å². The first-order valence-electron chi connectivity index (χ1n) is 6.63. The van der Waals surface area contributed by atoms with Gasteiger partial charge in [0, 0.05) is 11.5 Å². The van der Waals surface area contributed by atoms with Gasteiger partial charge in [-0.3, -0.25) is 0 Å². The number of nitrogens with zero attached hydrogens (tertiary/aromatic N) is 1. The Morgan fingerprint density at radius 3 is 2.71 bits per heavy atom. The molecule has 1 aliphatic carbocycles. The molecule has 5 nitrogen and oxygen atoms in total. The average molecular weight is 287 g/mol. The average Bonchev–Trinajstić information content (AvgIpc) is 3.30. The molecule has 5 heteroatoms. The standard InChI is InChI=1S/C16H17NO4/c1-11-4-5-13(9-8-12-6-7-12)10-14(11)21-15(17-20-3)16(18)19-2/h4-5,10,12H,6-7H2,1-3H3/b17-15-. The molecule has 0 atom stereocenters. The second-order valence-electron chi connectivity index (χ2n) is 4.70. The predicted octanol–water partition coefficient (Wildman–Crippen LogP) is 2.27. The number of oxime groups is 1. The van der Waals surface area contributed by atoms with Crippen LogP contribution in [-0.2, 0) is 14.4 Å². The maximum Gasteiger partial charge on any atom is 0.397 e. The molecule has 110 valence electrons. The van der Waals surface area contributed by atoms with Crippen molar-refractivity contribution in [3.05, 3.63) is 29.3 Å². The number of hydrogen-bond acceptors (Lipinski definition) is 5. The zero-order valence-electron chi connectivity index (χ0n) is 12.3. The Balaban J connectivity index is 2.21. The lowest BCUT2D eigenvalue weighted by molar-refractivity contribution is -0.134. The van der Waals surface area contributed by atoms with Crippen molar-refractivity contribution in [3.8, 4) is 17.6 Å². The fourth-order valence-electron chi connectivity index (χ4n) is 1.57. The smallest absolute Gasteiger partial charge is 0.397 e. The van der Waals surface area contributed by atoms with Gasteiger partial charge in [0.15, 0.2) is 0 Å². The summed E-state index contributed by atoms with van der Waals surface area (Å²) in [7, 11) is 2.58. The number of benzene rings is 1. The summed E-state index contributed by atoms with van der Waals surface area (Å²) in [5.41, 5.74) is 1.70. The van der Waals surface area contributed by atoms with E-state index in [1.54, 1.807) is 6.07 Å². The highest BCUT2D eigenvalue weighted by atomic mass is 16.6. The quantitative estimate of drug-likeness (QED) is 0.275. The molecule has 1 aromatic carbocycles. The Labute approximate surface area is 123 Å². The number of methoxy groups -OCH3 is 1. The lowest BCUT2D eigenvalue weighted by Crippen LogP contribution is -2.23. The van der Waals surface area contributed by atoms with Crippen LogP contribution in [0.2, 0.25) is 0 Å². The van der Waals surface area contributed by atoms with E-state index in [0.717, 1.165) is 11.1 Å². The monoisotopic (exact) mass is 287 g/mol. The molecule has 2 rings (SSSR count). The van der Waals surface area contributed by atoms with Crippen molar-refractivity contribution in [1.82, 2.24) is 0 Å². The minimum Gasteiger partial charge on any atom is -0.462 e. The van der Waals surface area contributed by atoms with Gasteiger partial charge >= 0.3 is 11.9 Å². The fraction of sp³-hybridized carbons (Fsp3) is 0.375. The van der Waals surface area contributed by atoms with Gasteiger partial charge in [-0.2, -0.15) is 0 Å². The largest absolute Gasteiger partial charge is 0.462 e. The van der Waals surface area contributed by atoms with Crippen molar-refractivity contribution in [2.45, 2.75) is 19.8 Å². The van der Waals surface area contributed by atoms with Crippen LogP contribution < -0.4 is 4.74 Å². The van der Waals surface area contributed by atoms with E-state index in [4.69, 9.17) is 4.74 Å². The molecule has 0 saturated heterocycles. The molecule has 0 heterocycles. The van der Waals surface area contributed by atoms with Crippen molar-refractivity contribution in [2.75, 3.05) is 14.2 Å². The molecule has 0 aromatic heterocycles. The molecular weight excluding hydrogens is 270 g/mol. The van der Waals surface area contributed by atoms with E-state index >= 15 is 0 Å². The molecule has 1 aromatic rings. The van der Waals surface area contributed by atoms with Crippen LogP contribution in [-0.4, -0.2) is 26.1 Å². The number of aryl methyl sites for hydroxylation is 1. The second kappa shape index (κ2) is 6.80. The molecule has 0 spiro atoms. The van der Waals surface area contributed by atoms with Crippen LogP contribution in [0, 0.1) is 24.7 Å². The summed E-state index contributed by atoms with van der Waals surface area (Å²) in [5.74, 6) is 6.35. The lowest BCUT2D eigenvalue weighted by Gasteiger charge is -2.09. The predicted molar refractivity (Wildman–Crippen MR) is 77.9 cm³/mol. The van der Waals surface area contributed by atoms with Crippen LogP contribution in [0.4, 0.5) is 0 Å². The molecule has 1 fully saturated rings. The Morgan fingerprint density at radius 1 is 1.33 bits per heavy atom. The molecule has 0 N–H and O–H groups in total. The zero-order valence-corrected chi connectivity index (χ0v) is 12.3. The van der Waals surface area contributed by atoms with Gasteiger partial charge in [-0.1, -0.05) is 17.9 Å². The van der Waals surface area contributed by atoms with E-state index in [0.29, 0.717) is 11.7 Å². The second-order valence-corrected chi connectivity index (χ2v) is 4.70. The van der Waals surface area contributed by atoms with Crippen molar-refractivity contribution in [2.24, 2.45) is 11.1 Å². The number of carbonyl (C=O) groups excluding carboxylic acids is 1. The highest BCUT2D eigenvalue weighted by Gasteiger charge is 2.18. The normalized spacial score (nSPS) is 14.0. The summed E-state index contributed by atoms with van der Waals surface area (Å²) < 4.78 is 10.1.